The van der Waals surface area contributed by atoms with Crippen molar-refractivity contribution < 1.29 is 14.3 Å². The van der Waals surface area contributed by atoms with Crippen molar-refractivity contribution in [1.29, 1.82) is 0 Å². The molecule has 8 heteroatoms. The Bertz CT molecular complexity index is 794. The molecule has 8 nitrogen and oxygen atoms in total. The van der Waals surface area contributed by atoms with Crippen molar-refractivity contribution in [3.8, 4) is 11.4 Å². The summed E-state index contributed by atoms with van der Waals surface area (Å²) >= 11 is 0. The molecule has 27 heavy (non-hydrogen) atoms. The second-order valence-electron chi connectivity index (χ2n) is 6.97. The Morgan fingerprint density at radius 2 is 1.89 bits per heavy atom. The lowest BCUT2D eigenvalue weighted by molar-refractivity contribution is -0.132. The predicted octanol–water partition coefficient (Wildman–Crippen LogP) is 2.31. The van der Waals surface area contributed by atoms with Gasteiger partial charge in [0.2, 0.25) is 11.7 Å². The van der Waals surface area contributed by atoms with Crippen molar-refractivity contribution in [1.82, 2.24) is 25.1 Å². The Balaban J connectivity index is 1.68. The minimum absolute atomic E-state index is 0.00936. The van der Waals surface area contributed by atoms with Gasteiger partial charge >= 0.3 is 5.97 Å². The molecule has 0 radical (unpaired) electrons. The summed E-state index contributed by atoms with van der Waals surface area (Å²) in [5.74, 6) is -0.0106. The number of esters is 1. The lowest BCUT2D eigenvalue weighted by Crippen LogP contribution is -2.35. The molecule has 2 heterocycles. The molecule has 0 atom stereocenters. The van der Waals surface area contributed by atoms with Crippen LogP contribution < -0.4 is 0 Å². The topological polar surface area (TPSA) is 90.2 Å². The van der Waals surface area contributed by atoms with E-state index < -0.39 is 5.97 Å². The highest BCUT2D eigenvalue weighted by molar-refractivity contribution is 5.90. The van der Waals surface area contributed by atoms with Crippen molar-refractivity contribution in [2.24, 2.45) is 0 Å². The van der Waals surface area contributed by atoms with Crippen molar-refractivity contribution >= 4 is 11.9 Å². The minimum Gasteiger partial charge on any atom is -0.459 e. The molecule has 0 unspecified atom stereocenters. The summed E-state index contributed by atoms with van der Waals surface area (Å²) < 4.78 is 5.21. The van der Waals surface area contributed by atoms with Crippen LogP contribution in [0.25, 0.3) is 11.4 Å². The van der Waals surface area contributed by atoms with Crippen LogP contribution in [0.1, 0.15) is 49.9 Å². The van der Waals surface area contributed by atoms with Gasteiger partial charge in [0.25, 0.3) is 0 Å². The maximum atomic E-state index is 12.4. The number of tetrazole rings is 1. The average Bonchev–Trinajstić information content (AvgIpc) is 2.93. The Hall–Kier alpha value is -2.77. The third kappa shape index (κ3) is 5.12. The van der Waals surface area contributed by atoms with Gasteiger partial charge < -0.3 is 9.64 Å². The number of likely N-dealkylation sites (tertiary alicyclic amines) is 1. The summed E-state index contributed by atoms with van der Waals surface area (Å²) in [6.45, 7) is 5.26. The number of benzene rings is 1. The molecule has 0 spiro atoms. The van der Waals surface area contributed by atoms with Gasteiger partial charge in [-0.3, -0.25) is 4.79 Å². The fourth-order valence-electron chi connectivity index (χ4n) is 3.03. The normalized spacial score (nSPS) is 14.9. The standard InChI is InChI=1S/C19H25N5O3/c1-14(2)27-19(26)16-9-7-8-15(12-16)18-20-22-24(21-18)13-17(25)23-10-5-3-4-6-11-23/h7-9,12,14H,3-6,10-11,13H2,1-2H3. The molecule has 144 valence electrons. The number of amides is 1. The van der Waals surface area contributed by atoms with Gasteiger partial charge in [-0.2, -0.15) is 4.80 Å². The molecule has 0 aliphatic carbocycles. The fraction of sp³-hybridized carbons (Fsp3) is 0.526. The molecule has 0 saturated carbocycles. The number of aromatic nitrogens is 4. The van der Waals surface area contributed by atoms with E-state index in [4.69, 9.17) is 4.74 Å². The van der Waals surface area contributed by atoms with E-state index in [-0.39, 0.29) is 18.6 Å². The SMILES string of the molecule is CC(C)OC(=O)c1cccc(-c2nnn(CC(=O)N3CCCCCC3)n2)c1. The first-order valence-electron chi connectivity index (χ1n) is 9.40. The van der Waals surface area contributed by atoms with Gasteiger partial charge in [0, 0.05) is 18.7 Å². The van der Waals surface area contributed by atoms with E-state index in [9.17, 15) is 9.59 Å². The van der Waals surface area contributed by atoms with E-state index in [1.807, 2.05) is 4.90 Å². The Kier molecular flexibility index (Phi) is 6.16. The molecule has 1 fully saturated rings. The maximum absolute atomic E-state index is 12.4. The number of ether oxygens (including phenoxy) is 1. The van der Waals surface area contributed by atoms with Crippen LogP contribution in [0.2, 0.25) is 0 Å². The largest absolute Gasteiger partial charge is 0.459 e. The zero-order chi connectivity index (χ0) is 19.2. The fourth-order valence-corrected chi connectivity index (χ4v) is 3.03. The Morgan fingerprint density at radius 1 is 1.15 bits per heavy atom. The summed E-state index contributed by atoms with van der Waals surface area (Å²) in [4.78, 5) is 27.7. The third-order valence-corrected chi connectivity index (χ3v) is 4.39. The summed E-state index contributed by atoms with van der Waals surface area (Å²) in [7, 11) is 0. The highest BCUT2D eigenvalue weighted by atomic mass is 16.5. The van der Waals surface area contributed by atoms with Crippen molar-refractivity contribution in [2.75, 3.05) is 13.1 Å². The number of nitrogens with zero attached hydrogens (tertiary/aromatic N) is 5. The van der Waals surface area contributed by atoms with E-state index >= 15 is 0 Å². The van der Waals surface area contributed by atoms with Crippen LogP contribution in [-0.4, -0.2) is 56.2 Å². The molecular formula is C19H25N5O3. The zero-order valence-electron chi connectivity index (χ0n) is 15.8. The number of rotatable bonds is 5. The Labute approximate surface area is 158 Å². The summed E-state index contributed by atoms with van der Waals surface area (Å²) in [5, 5.41) is 12.3. The van der Waals surface area contributed by atoms with Gasteiger partial charge in [0.1, 0.15) is 6.54 Å². The molecule has 3 rings (SSSR count). The minimum atomic E-state index is -0.393. The quantitative estimate of drug-likeness (QED) is 0.749. The molecule has 1 aromatic heterocycles. The van der Waals surface area contributed by atoms with E-state index in [0.717, 1.165) is 25.9 Å². The van der Waals surface area contributed by atoms with Crippen LogP contribution in [0.15, 0.2) is 24.3 Å². The van der Waals surface area contributed by atoms with E-state index in [1.54, 1.807) is 38.1 Å². The average molecular weight is 371 g/mol. The molecule has 0 N–H and O–H groups in total. The van der Waals surface area contributed by atoms with Crippen LogP contribution in [0, 0.1) is 0 Å². The summed E-state index contributed by atoms with van der Waals surface area (Å²) in [6.07, 6.45) is 4.24. The van der Waals surface area contributed by atoms with Gasteiger partial charge in [-0.25, -0.2) is 4.79 Å². The van der Waals surface area contributed by atoms with Gasteiger partial charge in [-0.1, -0.05) is 25.0 Å². The Morgan fingerprint density at radius 3 is 2.59 bits per heavy atom. The molecular weight excluding hydrogens is 346 g/mol. The first-order valence-corrected chi connectivity index (χ1v) is 9.40. The molecule has 1 amide bonds. The molecule has 1 aromatic carbocycles. The van der Waals surface area contributed by atoms with Crippen molar-refractivity contribution in [3.63, 3.8) is 0 Å². The van der Waals surface area contributed by atoms with Crippen LogP contribution in [0.5, 0.6) is 0 Å². The summed E-state index contributed by atoms with van der Waals surface area (Å²) in [6, 6.07) is 6.89. The van der Waals surface area contributed by atoms with Gasteiger partial charge in [0.05, 0.1) is 11.7 Å². The first-order chi connectivity index (χ1) is 13.0. The molecule has 2 aromatic rings. The maximum Gasteiger partial charge on any atom is 0.338 e. The second kappa shape index (κ2) is 8.75. The van der Waals surface area contributed by atoms with Crippen LogP contribution in [0.4, 0.5) is 0 Å². The molecule has 1 saturated heterocycles. The molecule has 1 aliphatic rings. The highest BCUT2D eigenvalue weighted by Crippen LogP contribution is 2.17. The van der Waals surface area contributed by atoms with Gasteiger partial charge in [0.15, 0.2) is 0 Å². The second-order valence-corrected chi connectivity index (χ2v) is 6.97. The summed E-state index contributed by atoms with van der Waals surface area (Å²) in [5.41, 5.74) is 1.08. The highest BCUT2D eigenvalue weighted by Gasteiger charge is 2.18. The van der Waals surface area contributed by atoms with E-state index in [1.165, 1.54) is 17.6 Å². The predicted molar refractivity (Wildman–Crippen MR) is 98.9 cm³/mol. The van der Waals surface area contributed by atoms with E-state index in [0.29, 0.717) is 17.0 Å². The van der Waals surface area contributed by atoms with Crippen LogP contribution in [-0.2, 0) is 16.1 Å². The molecule has 1 aliphatic heterocycles. The lowest BCUT2D eigenvalue weighted by Gasteiger charge is -2.19. The monoisotopic (exact) mass is 371 g/mol. The smallest absolute Gasteiger partial charge is 0.338 e. The van der Waals surface area contributed by atoms with Crippen molar-refractivity contribution in [3.05, 3.63) is 29.8 Å². The third-order valence-electron chi connectivity index (χ3n) is 4.39. The zero-order valence-corrected chi connectivity index (χ0v) is 15.8. The van der Waals surface area contributed by atoms with Crippen molar-refractivity contribution in [2.45, 2.75) is 52.2 Å². The number of hydrogen-bond acceptors (Lipinski definition) is 6. The lowest BCUT2D eigenvalue weighted by atomic mass is 10.1. The van der Waals surface area contributed by atoms with Gasteiger partial charge in [-0.15, -0.1) is 10.2 Å². The van der Waals surface area contributed by atoms with Gasteiger partial charge in [-0.05, 0) is 44.0 Å². The van der Waals surface area contributed by atoms with Crippen LogP contribution >= 0.6 is 0 Å². The first kappa shape index (κ1) is 19.0. The van der Waals surface area contributed by atoms with E-state index in [2.05, 4.69) is 15.4 Å². The molecule has 0 bridgehead atoms. The number of hydrogen-bond donors (Lipinski definition) is 0. The number of carbonyl (C=O) groups is 2. The van der Waals surface area contributed by atoms with Crippen LogP contribution in [0.3, 0.4) is 0 Å². The number of carbonyl (C=O) groups excluding carboxylic acids is 2.